The van der Waals surface area contributed by atoms with Gasteiger partial charge in [-0.3, -0.25) is 4.68 Å². The van der Waals surface area contributed by atoms with Crippen molar-refractivity contribution in [3.63, 3.8) is 0 Å². The lowest BCUT2D eigenvalue weighted by Gasteiger charge is -2.36. The summed E-state index contributed by atoms with van der Waals surface area (Å²) in [4.78, 5) is 0. The Balaban J connectivity index is 2.13. The van der Waals surface area contributed by atoms with Crippen molar-refractivity contribution in [1.29, 1.82) is 5.26 Å². The van der Waals surface area contributed by atoms with Gasteiger partial charge >= 0.3 is 0 Å². The fourth-order valence-electron chi connectivity index (χ4n) is 2.97. The second-order valence-corrected chi connectivity index (χ2v) is 5.15. The summed E-state index contributed by atoms with van der Waals surface area (Å²) in [5, 5.41) is 24.9. The van der Waals surface area contributed by atoms with Gasteiger partial charge in [0.15, 0.2) is 0 Å². The van der Waals surface area contributed by atoms with Crippen LogP contribution in [0.4, 0.5) is 0 Å². The highest BCUT2D eigenvalue weighted by atomic mass is 16.5. The summed E-state index contributed by atoms with van der Waals surface area (Å²) in [6, 6.07) is 11.5. The van der Waals surface area contributed by atoms with Gasteiger partial charge in [-0.15, -0.1) is 0 Å². The van der Waals surface area contributed by atoms with Gasteiger partial charge in [-0.05, 0) is 19.1 Å². The summed E-state index contributed by atoms with van der Waals surface area (Å²) in [5.41, 5.74) is 0.410. The number of fused-ring (bicyclic) bond motifs is 1. The number of nitrogens with zero attached hydrogens (tertiary/aromatic N) is 3. The van der Waals surface area contributed by atoms with Crippen molar-refractivity contribution in [3.05, 3.63) is 47.8 Å². The lowest BCUT2D eigenvalue weighted by Crippen LogP contribution is -2.38. The number of aromatic nitrogens is 2. The van der Waals surface area contributed by atoms with Gasteiger partial charge in [0.2, 0.25) is 0 Å². The molecule has 0 spiro atoms. The number of aliphatic hydroxyl groups excluding tert-OH is 1. The Labute approximate surface area is 123 Å². The zero-order valence-electron chi connectivity index (χ0n) is 11.9. The van der Waals surface area contributed by atoms with Crippen LogP contribution in [-0.4, -0.2) is 21.5 Å². The molecule has 0 saturated heterocycles. The molecule has 0 saturated carbocycles. The average molecular weight is 283 g/mol. The second-order valence-electron chi connectivity index (χ2n) is 5.15. The maximum Gasteiger partial charge on any atom is 0.124 e. The first-order chi connectivity index (χ1) is 10.2. The first-order valence-corrected chi connectivity index (χ1v) is 7.06. The third-order valence-corrected chi connectivity index (χ3v) is 4.12. The lowest BCUT2D eigenvalue weighted by molar-refractivity contribution is 0.0734. The monoisotopic (exact) mass is 283 g/mol. The molecule has 2 unspecified atom stereocenters. The molecule has 21 heavy (non-hydrogen) atoms. The molecule has 0 aliphatic carbocycles. The van der Waals surface area contributed by atoms with Crippen LogP contribution in [0.5, 0.6) is 5.75 Å². The quantitative estimate of drug-likeness (QED) is 0.937. The van der Waals surface area contributed by atoms with E-state index in [0.717, 1.165) is 5.56 Å². The van der Waals surface area contributed by atoms with E-state index in [0.29, 0.717) is 31.0 Å². The molecule has 1 aliphatic heterocycles. The molecule has 1 aromatic carbocycles. The van der Waals surface area contributed by atoms with E-state index >= 15 is 0 Å². The van der Waals surface area contributed by atoms with Gasteiger partial charge in [0, 0.05) is 24.7 Å². The largest absolute Gasteiger partial charge is 0.493 e. The van der Waals surface area contributed by atoms with Crippen molar-refractivity contribution in [2.45, 2.75) is 31.4 Å². The molecular weight excluding hydrogens is 266 g/mol. The van der Waals surface area contributed by atoms with Gasteiger partial charge in [-0.1, -0.05) is 18.2 Å². The number of para-hydroxylation sites is 1. The minimum Gasteiger partial charge on any atom is -0.493 e. The van der Waals surface area contributed by atoms with Gasteiger partial charge in [0.25, 0.3) is 0 Å². The summed E-state index contributed by atoms with van der Waals surface area (Å²) in [6.07, 6.45) is 1.17. The van der Waals surface area contributed by atoms with Crippen molar-refractivity contribution in [3.8, 4) is 11.8 Å². The van der Waals surface area contributed by atoms with Crippen LogP contribution in [0.15, 0.2) is 36.5 Å². The number of aliphatic hydroxyl groups is 1. The van der Waals surface area contributed by atoms with Crippen molar-refractivity contribution in [2.75, 3.05) is 6.61 Å². The smallest absolute Gasteiger partial charge is 0.124 e. The number of aryl methyl sites for hydroxylation is 1. The lowest BCUT2D eigenvalue weighted by atomic mass is 9.72. The van der Waals surface area contributed by atoms with Gasteiger partial charge in [-0.25, -0.2) is 0 Å². The molecule has 2 heterocycles. The van der Waals surface area contributed by atoms with E-state index in [1.54, 1.807) is 16.9 Å². The van der Waals surface area contributed by atoms with Crippen molar-refractivity contribution < 1.29 is 9.84 Å². The van der Waals surface area contributed by atoms with E-state index < -0.39 is 11.5 Å². The molecule has 0 bridgehead atoms. The molecule has 0 radical (unpaired) electrons. The zero-order chi connectivity index (χ0) is 14.9. The Morgan fingerprint density at radius 1 is 1.48 bits per heavy atom. The third kappa shape index (κ3) is 1.99. The van der Waals surface area contributed by atoms with Crippen LogP contribution in [-0.2, 0) is 12.0 Å². The number of ether oxygens (including phenoxy) is 1. The Bertz CT molecular complexity index is 689. The van der Waals surface area contributed by atoms with Crippen molar-refractivity contribution in [2.24, 2.45) is 0 Å². The molecule has 0 fully saturated rings. The number of benzene rings is 1. The van der Waals surface area contributed by atoms with Crippen molar-refractivity contribution >= 4 is 0 Å². The minimum atomic E-state index is -0.998. The topological polar surface area (TPSA) is 71.1 Å². The first-order valence-electron chi connectivity index (χ1n) is 7.06. The molecule has 1 N–H and O–H groups in total. The Hall–Kier alpha value is -2.32. The van der Waals surface area contributed by atoms with Crippen molar-refractivity contribution in [1.82, 2.24) is 9.78 Å². The first kappa shape index (κ1) is 13.7. The zero-order valence-corrected chi connectivity index (χ0v) is 11.9. The van der Waals surface area contributed by atoms with E-state index in [4.69, 9.17) is 4.74 Å². The van der Waals surface area contributed by atoms with Gasteiger partial charge in [0.05, 0.1) is 18.4 Å². The fraction of sp³-hybridized carbons (Fsp3) is 0.375. The summed E-state index contributed by atoms with van der Waals surface area (Å²) >= 11 is 0. The summed E-state index contributed by atoms with van der Waals surface area (Å²) in [7, 11) is 0. The fourth-order valence-corrected chi connectivity index (χ4v) is 2.97. The van der Waals surface area contributed by atoms with Crippen LogP contribution in [0, 0.1) is 11.3 Å². The van der Waals surface area contributed by atoms with Gasteiger partial charge < -0.3 is 9.84 Å². The highest BCUT2D eigenvalue weighted by molar-refractivity contribution is 5.47. The highest BCUT2D eigenvalue weighted by Gasteiger charge is 2.46. The molecule has 0 amide bonds. The molecule has 2 aromatic rings. The molecule has 5 nitrogen and oxygen atoms in total. The Morgan fingerprint density at radius 2 is 2.29 bits per heavy atom. The summed E-state index contributed by atoms with van der Waals surface area (Å²) in [5.74, 6) is 0.673. The summed E-state index contributed by atoms with van der Waals surface area (Å²) in [6.45, 7) is 3.03. The number of hydrogen-bond donors (Lipinski definition) is 1. The summed E-state index contributed by atoms with van der Waals surface area (Å²) < 4.78 is 7.34. The van der Waals surface area contributed by atoms with Gasteiger partial charge in [-0.2, -0.15) is 10.4 Å². The van der Waals surface area contributed by atoms with Gasteiger partial charge in [0.1, 0.15) is 17.3 Å². The maximum absolute atomic E-state index is 10.9. The average Bonchev–Trinajstić information content (AvgIpc) is 3.02. The van der Waals surface area contributed by atoms with E-state index in [1.807, 2.05) is 31.2 Å². The van der Waals surface area contributed by atoms with E-state index in [2.05, 4.69) is 11.2 Å². The highest BCUT2D eigenvalue weighted by Crippen LogP contribution is 2.46. The van der Waals surface area contributed by atoms with Crippen LogP contribution in [0.2, 0.25) is 0 Å². The van der Waals surface area contributed by atoms with Crippen LogP contribution < -0.4 is 4.74 Å². The standard InChI is InChI=1S/C16H17N3O2/c1-2-19-13(7-9-18-19)15(20)16(11-17)8-10-21-14-6-4-3-5-12(14)16/h3-7,9,15,20H,2,8,10H2,1H3. The maximum atomic E-state index is 10.9. The molecule has 2 atom stereocenters. The van der Waals surface area contributed by atoms with Crippen LogP contribution in [0.3, 0.4) is 0 Å². The number of hydrogen-bond acceptors (Lipinski definition) is 4. The molecule has 108 valence electrons. The number of rotatable bonds is 3. The third-order valence-electron chi connectivity index (χ3n) is 4.12. The van der Waals surface area contributed by atoms with Crippen LogP contribution >= 0.6 is 0 Å². The van der Waals surface area contributed by atoms with E-state index in [1.165, 1.54) is 0 Å². The molecule has 1 aromatic heterocycles. The molecule has 1 aliphatic rings. The second kappa shape index (κ2) is 5.23. The molecule has 5 heteroatoms. The van der Waals surface area contributed by atoms with E-state index in [-0.39, 0.29) is 0 Å². The predicted molar refractivity (Wildman–Crippen MR) is 76.7 cm³/mol. The normalized spacial score (nSPS) is 22.0. The van der Waals surface area contributed by atoms with E-state index in [9.17, 15) is 10.4 Å². The number of nitriles is 1. The minimum absolute atomic E-state index is 0.419. The Kier molecular flexibility index (Phi) is 3.40. The Morgan fingerprint density at radius 3 is 3.05 bits per heavy atom. The van der Waals surface area contributed by atoms with Crippen LogP contribution in [0.1, 0.15) is 30.7 Å². The molecule has 3 rings (SSSR count). The predicted octanol–water partition coefficient (Wildman–Crippen LogP) is 2.18. The SMILES string of the molecule is CCn1nccc1C(O)C1(C#N)CCOc2ccccc21. The molecular formula is C16H17N3O2. The van der Waals surface area contributed by atoms with Crippen LogP contribution in [0.25, 0.3) is 0 Å².